The van der Waals surface area contributed by atoms with E-state index in [-0.39, 0.29) is 0 Å². The molecule has 1 nitrogen and oxygen atoms in total. The third-order valence-corrected chi connectivity index (χ3v) is 2.96. The number of nitrogens with zero attached hydrogens (tertiary/aromatic N) is 1. The van der Waals surface area contributed by atoms with Crippen molar-refractivity contribution >= 4 is 0 Å². The molecule has 0 unspecified atom stereocenters. The second-order valence-electron chi connectivity index (χ2n) is 4.43. The summed E-state index contributed by atoms with van der Waals surface area (Å²) in [5.74, 6) is 0. The Labute approximate surface area is 100 Å². The van der Waals surface area contributed by atoms with Crippen LogP contribution in [0, 0.1) is 6.92 Å². The highest BCUT2D eigenvalue weighted by molar-refractivity contribution is 5.14. The van der Waals surface area contributed by atoms with Gasteiger partial charge in [-0.15, -0.1) is 0 Å². The topological polar surface area (TPSA) is 12.9 Å². The molecule has 0 saturated heterocycles. The molecule has 0 aliphatic carbocycles. The molecule has 0 atom stereocenters. The molecule has 89 valence electrons. The molecule has 0 aromatic carbocycles. The lowest BCUT2D eigenvalue weighted by atomic mass is 10.1. The van der Waals surface area contributed by atoms with E-state index >= 15 is 0 Å². The van der Waals surface area contributed by atoms with Crippen LogP contribution in [-0.2, 0) is 12.8 Å². The fourth-order valence-corrected chi connectivity index (χ4v) is 1.84. The summed E-state index contributed by atoms with van der Waals surface area (Å²) in [4.78, 5) is 4.44. The average molecular weight is 218 g/mol. The molecule has 1 heteroatoms. The Balaban J connectivity index is 2.12. The Morgan fingerprint density at radius 3 is 2.44 bits per heavy atom. The van der Waals surface area contributed by atoms with Gasteiger partial charge in [0, 0.05) is 11.9 Å². The van der Waals surface area contributed by atoms with E-state index in [4.69, 9.17) is 0 Å². The van der Waals surface area contributed by atoms with Crippen molar-refractivity contribution in [2.24, 2.45) is 0 Å². The summed E-state index contributed by atoms with van der Waals surface area (Å²) in [5.41, 5.74) is 2.46. The monoisotopic (exact) mass is 218 g/mol. The summed E-state index contributed by atoms with van der Waals surface area (Å²) >= 11 is 0. The lowest BCUT2D eigenvalue weighted by Crippen LogP contribution is -1.92. The quantitative estimate of drug-likeness (QED) is 0.591. The van der Waals surface area contributed by atoms with E-state index in [1.807, 2.05) is 6.20 Å². The molecule has 1 aromatic rings. The van der Waals surface area contributed by atoms with Crippen LogP contribution >= 0.6 is 0 Å². The standard InChI is InChI=1S/C15H24N/c1-3-5-6-7-8-9-10-15-12-11-14(4-2)13-16-15/h11-13H,2-10H2,1H3. The molecule has 0 saturated carbocycles. The predicted octanol–water partition coefficient (Wildman–Crippen LogP) is 4.36. The number of unbranched alkanes of at least 4 members (excludes halogenated alkanes) is 5. The van der Waals surface area contributed by atoms with Gasteiger partial charge in [-0.25, -0.2) is 0 Å². The van der Waals surface area contributed by atoms with Gasteiger partial charge in [-0.1, -0.05) is 45.1 Å². The fraction of sp³-hybridized carbons (Fsp3) is 0.600. The Hall–Kier alpha value is -0.850. The summed E-state index contributed by atoms with van der Waals surface area (Å²) in [5, 5.41) is 0. The molecule has 0 aliphatic rings. The maximum Gasteiger partial charge on any atom is 0.0403 e. The van der Waals surface area contributed by atoms with Crippen LogP contribution in [0.2, 0.25) is 0 Å². The second-order valence-corrected chi connectivity index (χ2v) is 4.43. The van der Waals surface area contributed by atoms with E-state index in [2.05, 4.69) is 31.0 Å². The Bertz CT molecular complexity index is 263. The zero-order valence-corrected chi connectivity index (χ0v) is 10.5. The lowest BCUT2D eigenvalue weighted by Gasteiger charge is -2.02. The van der Waals surface area contributed by atoms with Gasteiger partial charge in [-0.3, -0.25) is 4.98 Å². The summed E-state index contributed by atoms with van der Waals surface area (Å²) in [6.45, 7) is 6.11. The van der Waals surface area contributed by atoms with Crippen LogP contribution < -0.4 is 0 Å². The third-order valence-electron chi connectivity index (χ3n) is 2.96. The molecule has 0 amide bonds. The zero-order valence-electron chi connectivity index (χ0n) is 10.5. The van der Waals surface area contributed by atoms with Crippen molar-refractivity contribution in [2.45, 2.75) is 58.3 Å². The third kappa shape index (κ3) is 5.29. The van der Waals surface area contributed by atoms with Gasteiger partial charge in [0.25, 0.3) is 0 Å². The van der Waals surface area contributed by atoms with E-state index in [0.717, 1.165) is 12.8 Å². The SMILES string of the molecule is [CH2]Cc1ccc(CCCCCCCC)nc1. The van der Waals surface area contributed by atoms with Crippen molar-refractivity contribution in [1.29, 1.82) is 0 Å². The summed E-state index contributed by atoms with van der Waals surface area (Å²) < 4.78 is 0. The molecule has 0 spiro atoms. The van der Waals surface area contributed by atoms with Crippen LogP contribution in [0.3, 0.4) is 0 Å². The Morgan fingerprint density at radius 1 is 1.06 bits per heavy atom. The van der Waals surface area contributed by atoms with Crippen molar-refractivity contribution in [3.8, 4) is 0 Å². The van der Waals surface area contributed by atoms with Crippen molar-refractivity contribution in [2.75, 3.05) is 0 Å². The first-order valence-corrected chi connectivity index (χ1v) is 6.60. The molecule has 0 aliphatic heterocycles. The average Bonchev–Trinajstić information content (AvgIpc) is 2.34. The van der Waals surface area contributed by atoms with E-state index in [0.29, 0.717) is 0 Å². The number of aryl methyl sites for hydroxylation is 1. The van der Waals surface area contributed by atoms with Crippen LogP contribution in [0.25, 0.3) is 0 Å². The first-order chi connectivity index (χ1) is 7.86. The summed E-state index contributed by atoms with van der Waals surface area (Å²) in [6, 6.07) is 4.29. The number of pyridine rings is 1. The fourth-order valence-electron chi connectivity index (χ4n) is 1.84. The molecule has 1 radical (unpaired) electrons. The Morgan fingerprint density at radius 2 is 1.81 bits per heavy atom. The van der Waals surface area contributed by atoms with Gasteiger partial charge in [-0.2, -0.15) is 0 Å². The summed E-state index contributed by atoms with van der Waals surface area (Å²) in [6.07, 6.45) is 12.0. The minimum Gasteiger partial charge on any atom is -0.261 e. The van der Waals surface area contributed by atoms with Crippen LogP contribution in [0.15, 0.2) is 18.3 Å². The molecule has 0 bridgehead atoms. The maximum absolute atomic E-state index is 4.44. The molecule has 1 rings (SSSR count). The van der Waals surface area contributed by atoms with E-state index < -0.39 is 0 Å². The second kappa shape index (κ2) is 8.32. The van der Waals surface area contributed by atoms with Crippen LogP contribution in [-0.4, -0.2) is 4.98 Å². The smallest absolute Gasteiger partial charge is 0.0403 e. The highest BCUT2D eigenvalue weighted by Crippen LogP contribution is 2.09. The van der Waals surface area contributed by atoms with Crippen molar-refractivity contribution < 1.29 is 0 Å². The van der Waals surface area contributed by atoms with Crippen LogP contribution in [0.4, 0.5) is 0 Å². The highest BCUT2D eigenvalue weighted by Gasteiger charge is 1.96. The number of aromatic nitrogens is 1. The van der Waals surface area contributed by atoms with Gasteiger partial charge < -0.3 is 0 Å². The largest absolute Gasteiger partial charge is 0.261 e. The van der Waals surface area contributed by atoms with Crippen LogP contribution in [0.5, 0.6) is 0 Å². The van der Waals surface area contributed by atoms with Crippen molar-refractivity contribution in [3.05, 3.63) is 36.5 Å². The predicted molar refractivity (Wildman–Crippen MR) is 70.4 cm³/mol. The minimum atomic E-state index is 0.838. The van der Waals surface area contributed by atoms with E-state index in [1.54, 1.807) is 0 Å². The van der Waals surface area contributed by atoms with Crippen molar-refractivity contribution in [3.63, 3.8) is 0 Å². The highest BCUT2D eigenvalue weighted by atomic mass is 14.7. The number of hydrogen-bond donors (Lipinski definition) is 0. The molecular formula is C15H24N. The van der Waals surface area contributed by atoms with Crippen LogP contribution in [0.1, 0.15) is 56.7 Å². The van der Waals surface area contributed by atoms with Gasteiger partial charge in [-0.05, 0) is 37.8 Å². The van der Waals surface area contributed by atoms with Gasteiger partial charge in [0.1, 0.15) is 0 Å². The van der Waals surface area contributed by atoms with Crippen molar-refractivity contribution in [1.82, 2.24) is 4.98 Å². The lowest BCUT2D eigenvalue weighted by molar-refractivity contribution is 0.604. The normalized spacial score (nSPS) is 10.6. The maximum atomic E-state index is 4.44. The molecule has 0 N–H and O–H groups in total. The number of rotatable bonds is 8. The summed E-state index contributed by atoms with van der Waals surface area (Å²) in [7, 11) is 0. The Kier molecular flexibility index (Phi) is 6.87. The minimum absolute atomic E-state index is 0.838. The molecule has 1 heterocycles. The molecule has 16 heavy (non-hydrogen) atoms. The number of hydrogen-bond acceptors (Lipinski definition) is 1. The van der Waals surface area contributed by atoms with Gasteiger partial charge in [0.05, 0.1) is 0 Å². The van der Waals surface area contributed by atoms with Gasteiger partial charge in [0.15, 0.2) is 0 Å². The van der Waals surface area contributed by atoms with E-state index in [9.17, 15) is 0 Å². The van der Waals surface area contributed by atoms with E-state index in [1.165, 1.54) is 49.8 Å². The zero-order chi connectivity index (χ0) is 11.6. The molecular weight excluding hydrogens is 194 g/mol. The first-order valence-electron chi connectivity index (χ1n) is 6.60. The van der Waals surface area contributed by atoms with Gasteiger partial charge >= 0.3 is 0 Å². The molecule has 1 aromatic heterocycles. The molecule has 0 fully saturated rings. The first kappa shape index (κ1) is 13.2. The van der Waals surface area contributed by atoms with Gasteiger partial charge in [0.2, 0.25) is 0 Å².